The van der Waals surface area contributed by atoms with Gasteiger partial charge in [0.2, 0.25) is 0 Å². The van der Waals surface area contributed by atoms with Crippen molar-refractivity contribution < 1.29 is 8.83 Å². The van der Waals surface area contributed by atoms with Crippen LogP contribution >= 0.6 is 0 Å². The van der Waals surface area contributed by atoms with Gasteiger partial charge in [0.15, 0.2) is 0 Å². The average molecular weight is 806 g/mol. The number of allylic oxidation sites excluding steroid dienone is 6. The molecule has 2 radical (unpaired) electrons. The molecule has 0 spiro atoms. The van der Waals surface area contributed by atoms with E-state index < -0.39 is 0 Å². The van der Waals surface area contributed by atoms with Gasteiger partial charge in [-0.25, -0.2) is 0 Å². The van der Waals surface area contributed by atoms with Crippen LogP contribution in [-0.2, 0) is 0 Å². The summed E-state index contributed by atoms with van der Waals surface area (Å²) >= 11 is 0. The fourth-order valence-corrected chi connectivity index (χ4v) is 7.01. The predicted octanol–water partition coefficient (Wildman–Crippen LogP) is 10.5. The second-order valence-corrected chi connectivity index (χ2v) is 14.4. The van der Waals surface area contributed by atoms with Crippen molar-refractivity contribution in [1.29, 1.82) is 0 Å². The van der Waals surface area contributed by atoms with Gasteiger partial charge in [0, 0.05) is 0 Å². The Bertz CT molecular complexity index is 2860. The zero-order valence-electron chi connectivity index (χ0n) is 36.3. The molecule has 3 aromatic carbocycles. The van der Waals surface area contributed by atoms with E-state index in [0.29, 0.717) is 40.7 Å². The molecule has 300 valence electrons. The Kier molecular flexibility index (Phi) is 14.0. The van der Waals surface area contributed by atoms with Gasteiger partial charge in [-0.15, -0.1) is 0 Å². The summed E-state index contributed by atoms with van der Waals surface area (Å²) in [5.41, 5.74) is 11.4. The molecule has 7 aromatic rings. The van der Waals surface area contributed by atoms with Gasteiger partial charge in [0.1, 0.15) is 0 Å². The van der Waals surface area contributed by atoms with E-state index in [1.54, 1.807) is 0 Å². The Labute approximate surface area is 367 Å². The molecule has 62 heavy (non-hydrogen) atoms. The van der Waals surface area contributed by atoms with E-state index >= 15 is 0 Å². The second-order valence-electron chi connectivity index (χ2n) is 14.4. The van der Waals surface area contributed by atoms with Crippen molar-refractivity contribution in [3.63, 3.8) is 0 Å². The first kappa shape index (κ1) is 43.2. The molecule has 0 saturated carbocycles. The molecular formula is C50H46B4N6O2. The van der Waals surface area contributed by atoms with Crippen molar-refractivity contribution in [3.8, 4) is 40.2 Å². The van der Waals surface area contributed by atoms with Gasteiger partial charge in [0.05, 0.1) is 0 Å². The third kappa shape index (κ3) is 9.35. The molecule has 0 N–H and O–H groups in total. The Balaban J connectivity index is 1.28. The topological polar surface area (TPSA) is 95.7 Å². The molecular weight excluding hydrogens is 760 g/mol. The molecule has 4 aromatic heterocycles. The van der Waals surface area contributed by atoms with Crippen LogP contribution in [0, 0.1) is 0 Å². The Hall–Kier alpha value is -6.93. The minimum absolute atomic E-state index is 0.474. The van der Waals surface area contributed by atoms with Crippen molar-refractivity contribution in [2.24, 2.45) is 0 Å². The number of fused-ring (bicyclic) bond motifs is 1. The number of aromatic nitrogens is 6. The van der Waals surface area contributed by atoms with Gasteiger partial charge >= 0.3 is 308 Å². The van der Waals surface area contributed by atoms with Crippen LogP contribution < -0.4 is 5.59 Å². The molecule has 0 aliphatic heterocycles. The summed E-state index contributed by atoms with van der Waals surface area (Å²) in [6.07, 6.45) is 14.2. The van der Waals surface area contributed by atoms with Crippen molar-refractivity contribution in [3.05, 3.63) is 155 Å². The molecule has 12 heteroatoms. The first-order valence-corrected chi connectivity index (χ1v) is 20.7. The molecule has 0 unspecified atom stereocenters. The first-order valence-electron chi connectivity index (χ1n) is 20.7. The molecule has 0 aliphatic carbocycles. The van der Waals surface area contributed by atoms with Crippen LogP contribution in [0.2, 0.25) is 27.3 Å². The van der Waals surface area contributed by atoms with E-state index in [4.69, 9.17) is 33.8 Å². The summed E-state index contributed by atoms with van der Waals surface area (Å²) in [5.74, 6) is 8.85. The van der Waals surface area contributed by atoms with Crippen molar-refractivity contribution in [1.82, 2.24) is 29.5 Å². The molecule has 8 nitrogen and oxygen atoms in total. The second kappa shape index (κ2) is 20.1. The van der Waals surface area contributed by atoms with Crippen LogP contribution in [0.1, 0.15) is 54.9 Å². The molecule has 4 heterocycles. The third-order valence-electron chi connectivity index (χ3n) is 10.2. The molecule has 0 saturated heterocycles. The van der Waals surface area contributed by atoms with Gasteiger partial charge in [-0.1, -0.05) is 60.7 Å². The van der Waals surface area contributed by atoms with Crippen LogP contribution in [0.5, 0.6) is 0 Å². The predicted molar refractivity (Wildman–Crippen MR) is 266 cm³/mol. The number of benzene rings is 3. The van der Waals surface area contributed by atoms with E-state index in [9.17, 15) is 0 Å². The van der Waals surface area contributed by atoms with Crippen LogP contribution in [0.25, 0.3) is 81.2 Å². The van der Waals surface area contributed by atoms with E-state index in [1.165, 1.54) is 0 Å². The Morgan fingerprint density at radius 2 is 1.40 bits per heavy atom. The van der Waals surface area contributed by atoms with Gasteiger partial charge in [-0.2, -0.15) is 0 Å². The fourth-order valence-electron chi connectivity index (χ4n) is 7.01. The first-order chi connectivity index (χ1) is 30.3. The number of hydrogen-bond donors (Lipinski definition) is 0. The van der Waals surface area contributed by atoms with E-state index in [-0.39, 0.29) is 0 Å². The van der Waals surface area contributed by atoms with E-state index in [1.807, 2.05) is 176 Å². The van der Waals surface area contributed by atoms with Gasteiger partial charge in [-0.3, -0.25) is 0 Å². The SMILES string of the molecule is C=Cc1c(/C=C(C)/C(C)=C/C(=C\C=BC)c2nc3ccc(-c4nc(-c5ccccc5)nc(-c5ccccc5)n4)cc3o2)c([B]C)n(-c2nc(/C=C\C)c(C=BC)o2)c1/C=C\[B]C. The Morgan fingerprint density at radius 3 is 2.00 bits per heavy atom. The van der Waals surface area contributed by atoms with E-state index in [2.05, 4.69) is 50.5 Å². The van der Waals surface area contributed by atoms with Crippen LogP contribution in [0.3, 0.4) is 0 Å². The fraction of sp³-hybridized carbons (Fsp3) is 0.140. The summed E-state index contributed by atoms with van der Waals surface area (Å²) in [7, 11) is 4.08. The monoisotopic (exact) mass is 806 g/mol. The minimum atomic E-state index is 0.474. The average Bonchev–Trinajstić information content (AvgIpc) is 4.00. The zero-order chi connectivity index (χ0) is 43.6. The quantitative estimate of drug-likeness (QED) is 0.0752. The van der Waals surface area contributed by atoms with Gasteiger partial charge in [-0.05, 0) is 0 Å². The van der Waals surface area contributed by atoms with Gasteiger partial charge < -0.3 is 0 Å². The van der Waals surface area contributed by atoms with Crippen molar-refractivity contribution in [2.45, 2.75) is 48.1 Å². The molecule has 0 aliphatic rings. The van der Waals surface area contributed by atoms with Crippen molar-refractivity contribution in [2.75, 3.05) is 0 Å². The van der Waals surface area contributed by atoms with Gasteiger partial charge in [0.25, 0.3) is 0 Å². The standard InChI is InChI=1S/C50H46B4N6O2/c1-9-17-40-44(31-53-7)62-50(56-40)60-42(25-27-52-6)38(10-2)39(45(60)54-8)29-33(4)32(3)28-37(24-26-51-5)49-55-41-23-22-36(30-43(41)61-49)48-58-46(34-18-13-11-14-19-34)57-47(59-48)35-20-15-12-16-21-35/h9-31H,2H2,1,3-8H3/b17-9-,27-25-,32-28+,33-29+,37-24+. The number of oxazole rings is 2. The molecule has 0 fully saturated rings. The summed E-state index contributed by atoms with van der Waals surface area (Å²) in [6, 6.07) is 26.2. The molecule has 0 bridgehead atoms. The third-order valence-corrected chi connectivity index (χ3v) is 10.2. The number of nitrogens with zero attached hydrogens (tertiary/aromatic N) is 6. The van der Waals surface area contributed by atoms with Crippen LogP contribution in [0.4, 0.5) is 0 Å². The molecule has 7 rings (SSSR count). The summed E-state index contributed by atoms with van der Waals surface area (Å²) in [5, 5.41) is 0. The van der Waals surface area contributed by atoms with Crippen LogP contribution in [0.15, 0.2) is 130 Å². The molecule has 0 atom stereocenters. The number of hydrogen-bond acceptors (Lipinski definition) is 7. The maximum atomic E-state index is 6.54. The van der Waals surface area contributed by atoms with Crippen molar-refractivity contribution >= 4 is 86.9 Å². The van der Waals surface area contributed by atoms with E-state index in [0.717, 1.165) is 67.0 Å². The van der Waals surface area contributed by atoms with Crippen LogP contribution in [-0.4, -0.2) is 69.8 Å². The summed E-state index contributed by atoms with van der Waals surface area (Å²) in [6.45, 7) is 22.3. The summed E-state index contributed by atoms with van der Waals surface area (Å²) < 4.78 is 15.0. The summed E-state index contributed by atoms with van der Waals surface area (Å²) in [4.78, 5) is 24.6. The molecule has 0 amide bonds. The zero-order valence-corrected chi connectivity index (χ0v) is 36.3. The normalized spacial score (nSPS) is 12.6. The number of rotatable bonds is 15. The Morgan fingerprint density at radius 1 is 0.726 bits per heavy atom. The maximum absolute atomic E-state index is 6.54.